The second-order valence-corrected chi connectivity index (χ2v) is 5.16. The van der Waals surface area contributed by atoms with Gasteiger partial charge in [-0.05, 0) is 42.2 Å². The van der Waals surface area contributed by atoms with E-state index in [1.54, 1.807) is 12.1 Å². The molecule has 2 aromatic carbocycles. The first-order chi connectivity index (χ1) is 8.50. The Bertz CT molecular complexity index is 579. The third-order valence-corrected chi connectivity index (χ3v) is 3.96. The fraction of sp³-hybridized carbons (Fsp3) is 0.200. The van der Waals surface area contributed by atoms with Crippen molar-refractivity contribution in [2.75, 3.05) is 0 Å². The molecule has 3 heteroatoms. The summed E-state index contributed by atoms with van der Waals surface area (Å²) in [6.07, 6.45) is 0. The predicted octanol–water partition coefficient (Wildman–Crippen LogP) is 5.42. The van der Waals surface area contributed by atoms with Crippen molar-refractivity contribution in [3.63, 3.8) is 0 Å². The maximum absolute atomic E-state index is 13.4. The van der Waals surface area contributed by atoms with Gasteiger partial charge in [0, 0.05) is 0 Å². The largest absolute Gasteiger partial charge is 0.205 e. The fourth-order valence-electron chi connectivity index (χ4n) is 1.82. The Hall–Kier alpha value is -1.05. The van der Waals surface area contributed by atoms with Gasteiger partial charge in [-0.1, -0.05) is 41.9 Å². The van der Waals surface area contributed by atoms with Crippen molar-refractivity contribution < 1.29 is 4.39 Å². The molecule has 0 saturated carbocycles. The molecule has 1 unspecified atom stereocenters. The standard InChI is InChI=1S/C15H13Cl2F/c1-9-6-7-11(8-10(9)2)14(16)12-4-3-5-13(18)15(12)17/h3-8,14H,1-2H3. The molecule has 0 fully saturated rings. The van der Waals surface area contributed by atoms with Crippen LogP contribution in [0.15, 0.2) is 36.4 Å². The van der Waals surface area contributed by atoms with Crippen molar-refractivity contribution in [1.29, 1.82) is 0 Å². The lowest BCUT2D eigenvalue weighted by Gasteiger charge is -2.14. The van der Waals surface area contributed by atoms with E-state index in [-0.39, 0.29) is 5.02 Å². The van der Waals surface area contributed by atoms with E-state index >= 15 is 0 Å². The highest BCUT2D eigenvalue weighted by molar-refractivity contribution is 6.33. The monoisotopic (exact) mass is 282 g/mol. The van der Waals surface area contributed by atoms with Gasteiger partial charge in [-0.2, -0.15) is 0 Å². The summed E-state index contributed by atoms with van der Waals surface area (Å²) in [6, 6.07) is 10.7. The van der Waals surface area contributed by atoms with E-state index in [1.807, 2.05) is 32.0 Å². The number of alkyl halides is 1. The first-order valence-electron chi connectivity index (χ1n) is 5.66. The summed E-state index contributed by atoms with van der Waals surface area (Å²) >= 11 is 12.3. The van der Waals surface area contributed by atoms with Gasteiger partial charge in [0.15, 0.2) is 0 Å². The average molecular weight is 283 g/mol. The van der Waals surface area contributed by atoms with Crippen LogP contribution in [0.1, 0.15) is 27.6 Å². The second kappa shape index (κ2) is 5.29. The normalized spacial score (nSPS) is 12.5. The maximum atomic E-state index is 13.4. The van der Waals surface area contributed by atoms with Gasteiger partial charge in [-0.25, -0.2) is 4.39 Å². The minimum Gasteiger partial charge on any atom is -0.205 e. The molecule has 0 N–H and O–H groups in total. The lowest BCUT2D eigenvalue weighted by molar-refractivity contribution is 0.626. The van der Waals surface area contributed by atoms with Crippen LogP contribution in [0.2, 0.25) is 5.02 Å². The molecule has 2 rings (SSSR count). The number of halogens is 3. The first-order valence-corrected chi connectivity index (χ1v) is 6.47. The summed E-state index contributed by atoms with van der Waals surface area (Å²) in [5, 5.41) is -0.344. The Labute approximate surface area is 116 Å². The van der Waals surface area contributed by atoms with Crippen LogP contribution in [0, 0.1) is 19.7 Å². The van der Waals surface area contributed by atoms with Gasteiger partial charge < -0.3 is 0 Å². The molecule has 1 atom stereocenters. The van der Waals surface area contributed by atoms with Gasteiger partial charge in [0.25, 0.3) is 0 Å². The third-order valence-electron chi connectivity index (χ3n) is 3.08. The number of benzene rings is 2. The lowest BCUT2D eigenvalue weighted by Crippen LogP contribution is -1.97. The van der Waals surface area contributed by atoms with Crippen molar-refractivity contribution in [2.45, 2.75) is 19.2 Å². The van der Waals surface area contributed by atoms with Gasteiger partial charge in [0.2, 0.25) is 0 Å². The van der Waals surface area contributed by atoms with Crippen LogP contribution in [0.4, 0.5) is 4.39 Å². The van der Waals surface area contributed by atoms with Gasteiger partial charge in [0.1, 0.15) is 5.82 Å². The summed E-state index contributed by atoms with van der Waals surface area (Å²) in [5.74, 6) is -0.441. The Morgan fingerprint density at radius 3 is 2.44 bits per heavy atom. The molecule has 0 aliphatic carbocycles. The van der Waals surface area contributed by atoms with Crippen molar-refractivity contribution in [3.05, 3.63) is 69.5 Å². The van der Waals surface area contributed by atoms with E-state index in [4.69, 9.17) is 23.2 Å². The van der Waals surface area contributed by atoms with Gasteiger partial charge in [-0.3, -0.25) is 0 Å². The van der Waals surface area contributed by atoms with Crippen LogP contribution >= 0.6 is 23.2 Å². The molecule has 0 saturated heterocycles. The van der Waals surface area contributed by atoms with Crippen LogP contribution < -0.4 is 0 Å². The average Bonchev–Trinajstić information content (AvgIpc) is 2.35. The molecule has 2 aromatic rings. The van der Waals surface area contributed by atoms with E-state index in [2.05, 4.69) is 0 Å². The molecule has 0 aliphatic heterocycles. The fourth-order valence-corrected chi connectivity index (χ4v) is 2.43. The summed E-state index contributed by atoms with van der Waals surface area (Å²) in [6.45, 7) is 4.06. The Morgan fingerprint density at radius 1 is 1.06 bits per heavy atom. The smallest absolute Gasteiger partial charge is 0.142 e. The van der Waals surface area contributed by atoms with Crippen molar-refractivity contribution in [2.24, 2.45) is 0 Å². The molecular formula is C15H13Cl2F. The van der Waals surface area contributed by atoms with E-state index in [1.165, 1.54) is 11.6 Å². The lowest BCUT2D eigenvalue weighted by atomic mass is 10.00. The highest BCUT2D eigenvalue weighted by Crippen LogP contribution is 2.35. The van der Waals surface area contributed by atoms with Crippen molar-refractivity contribution in [1.82, 2.24) is 0 Å². The SMILES string of the molecule is Cc1ccc(C(Cl)c2cccc(F)c2Cl)cc1C. The Kier molecular flexibility index (Phi) is 3.94. The summed E-state index contributed by atoms with van der Waals surface area (Å²) in [5.41, 5.74) is 3.88. The molecule has 0 aromatic heterocycles. The van der Waals surface area contributed by atoms with Gasteiger partial charge in [0.05, 0.1) is 10.4 Å². The molecule has 0 heterocycles. The van der Waals surface area contributed by atoms with E-state index < -0.39 is 11.2 Å². The molecule has 0 radical (unpaired) electrons. The summed E-state index contributed by atoms with van der Waals surface area (Å²) in [7, 11) is 0. The van der Waals surface area contributed by atoms with E-state index in [0.29, 0.717) is 5.56 Å². The van der Waals surface area contributed by atoms with Crippen LogP contribution in [-0.4, -0.2) is 0 Å². The maximum Gasteiger partial charge on any atom is 0.142 e. The predicted molar refractivity (Wildman–Crippen MR) is 75.0 cm³/mol. The molecule has 0 amide bonds. The number of rotatable bonds is 2. The molecule has 0 bridgehead atoms. The van der Waals surface area contributed by atoms with Crippen LogP contribution in [0.3, 0.4) is 0 Å². The topological polar surface area (TPSA) is 0 Å². The molecule has 0 nitrogen and oxygen atoms in total. The van der Waals surface area contributed by atoms with Gasteiger partial charge in [-0.15, -0.1) is 11.6 Å². The number of hydrogen-bond donors (Lipinski definition) is 0. The minimum absolute atomic E-state index is 0.0933. The number of hydrogen-bond acceptors (Lipinski definition) is 0. The zero-order chi connectivity index (χ0) is 13.3. The third kappa shape index (κ3) is 2.52. The zero-order valence-electron chi connectivity index (χ0n) is 10.2. The summed E-state index contributed by atoms with van der Waals surface area (Å²) in [4.78, 5) is 0. The summed E-state index contributed by atoms with van der Waals surface area (Å²) < 4.78 is 13.4. The highest BCUT2D eigenvalue weighted by Gasteiger charge is 2.16. The molecular weight excluding hydrogens is 270 g/mol. The van der Waals surface area contributed by atoms with Crippen molar-refractivity contribution >= 4 is 23.2 Å². The molecule has 0 aliphatic rings. The highest BCUT2D eigenvalue weighted by atomic mass is 35.5. The Balaban J connectivity index is 2.44. The molecule has 94 valence electrons. The van der Waals surface area contributed by atoms with Crippen LogP contribution in [0.25, 0.3) is 0 Å². The number of aryl methyl sites for hydroxylation is 2. The van der Waals surface area contributed by atoms with Gasteiger partial charge >= 0.3 is 0 Å². The Morgan fingerprint density at radius 2 is 1.78 bits per heavy atom. The first kappa shape index (κ1) is 13.4. The van der Waals surface area contributed by atoms with Crippen LogP contribution in [0.5, 0.6) is 0 Å². The molecule has 18 heavy (non-hydrogen) atoms. The van der Waals surface area contributed by atoms with E-state index in [9.17, 15) is 4.39 Å². The zero-order valence-corrected chi connectivity index (χ0v) is 11.7. The van der Waals surface area contributed by atoms with Crippen molar-refractivity contribution in [3.8, 4) is 0 Å². The second-order valence-electron chi connectivity index (χ2n) is 4.35. The van der Waals surface area contributed by atoms with E-state index in [0.717, 1.165) is 11.1 Å². The van der Waals surface area contributed by atoms with Crippen LogP contribution in [-0.2, 0) is 0 Å². The quantitative estimate of drug-likeness (QED) is 0.645. The molecule has 0 spiro atoms. The minimum atomic E-state index is -0.441.